The van der Waals surface area contributed by atoms with Gasteiger partial charge in [-0.15, -0.1) is 0 Å². The summed E-state index contributed by atoms with van der Waals surface area (Å²) in [5.41, 5.74) is 2.82. The van der Waals surface area contributed by atoms with Gasteiger partial charge in [0, 0.05) is 6.54 Å². The first-order valence-corrected chi connectivity index (χ1v) is 13.3. The van der Waals surface area contributed by atoms with Gasteiger partial charge in [-0.05, 0) is 60.1 Å². The summed E-state index contributed by atoms with van der Waals surface area (Å²) in [6.07, 6.45) is 2.06. The largest absolute Gasteiger partial charge is 0.280 e. The number of nitrogens with one attached hydrogen (secondary N) is 1. The van der Waals surface area contributed by atoms with Crippen LogP contribution in [0.2, 0.25) is 0 Å². The van der Waals surface area contributed by atoms with Crippen LogP contribution in [0.3, 0.4) is 0 Å². The summed E-state index contributed by atoms with van der Waals surface area (Å²) in [6, 6.07) is 12.0. The van der Waals surface area contributed by atoms with Crippen LogP contribution in [-0.2, 0) is 31.9 Å². The Morgan fingerprint density at radius 3 is 2.27 bits per heavy atom. The molecule has 6 nitrogen and oxygen atoms in total. The van der Waals surface area contributed by atoms with Crippen molar-refractivity contribution in [2.45, 2.75) is 57.3 Å². The van der Waals surface area contributed by atoms with Gasteiger partial charge in [0.2, 0.25) is 10.0 Å². The molecule has 0 bridgehead atoms. The highest BCUT2D eigenvalue weighted by molar-refractivity contribution is 7.93. The molecular weight excluding hydrogens is 420 g/mol. The number of benzene rings is 2. The molecule has 1 aliphatic rings. The van der Waals surface area contributed by atoms with E-state index in [1.807, 2.05) is 25.1 Å². The highest BCUT2D eigenvalue weighted by Crippen LogP contribution is 2.33. The Labute approximate surface area is 180 Å². The second-order valence-corrected chi connectivity index (χ2v) is 12.4. The third-order valence-corrected chi connectivity index (χ3v) is 8.61. The Bertz CT molecular complexity index is 1120. The molecule has 0 radical (unpaired) electrons. The fraction of sp³-hybridized carbons (Fsp3) is 0.455. The lowest BCUT2D eigenvalue weighted by Gasteiger charge is -2.31. The van der Waals surface area contributed by atoms with Crippen molar-refractivity contribution in [3.63, 3.8) is 0 Å². The molecule has 0 aromatic heterocycles. The third kappa shape index (κ3) is 4.81. The van der Waals surface area contributed by atoms with Crippen molar-refractivity contribution < 1.29 is 16.8 Å². The van der Waals surface area contributed by atoms with Gasteiger partial charge in [-0.2, -0.15) is 0 Å². The molecule has 164 valence electrons. The zero-order valence-corrected chi connectivity index (χ0v) is 19.6. The predicted octanol–water partition coefficient (Wildman–Crippen LogP) is 4.28. The van der Waals surface area contributed by atoms with Crippen molar-refractivity contribution >= 4 is 31.4 Å². The lowest BCUT2D eigenvalue weighted by molar-refractivity contribution is 0.585. The second kappa shape index (κ2) is 8.23. The van der Waals surface area contributed by atoms with Crippen LogP contribution in [0.1, 0.15) is 51.7 Å². The molecule has 2 aromatic rings. The number of anilines is 2. The topological polar surface area (TPSA) is 83.6 Å². The van der Waals surface area contributed by atoms with E-state index in [-0.39, 0.29) is 16.1 Å². The Hall–Kier alpha value is -2.06. The molecule has 0 saturated heterocycles. The van der Waals surface area contributed by atoms with Crippen molar-refractivity contribution in [3.8, 4) is 0 Å². The van der Waals surface area contributed by atoms with E-state index < -0.39 is 20.0 Å². The fourth-order valence-corrected chi connectivity index (χ4v) is 6.27. The van der Waals surface area contributed by atoms with E-state index in [0.717, 1.165) is 24.0 Å². The average molecular weight is 451 g/mol. The van der Waals surface area contributed by atoms with Crippen molar-refractivity contribution in [1.82, 2.24) is 0 Å². The van der Waals surface area contributed by atoms with Gasteiger partial charge in [-0.1, -0.05) is 45.9 Å². The van der Waals surface area contributed by atoms with Crippen LogP contribution in [0.15, 0.2) is 47.4 Å². The SMILES string of the molecule is CCCS(=O)(=O)N1CCCc2ccc(NS(=O)(=O)c3ccc(C(C)(C)C)cc3)cc21. The number of rotatable bonds is 6. The Morgan fingerprint density at radius 1 is 1.00 bits per heavy atom. The number of nitrogens with zero attached hydrogens (tertiary/aromatic N) is 1. The Kier molecular flexibility index (Phi) is 6.20. The smallest absolute Gasteiger partial charge is 0.261 e. The first-order chi connectivity index (χ1) is 13.9. The van der Waals surface area contributed by atoms with Gasteiger partial charge in [0.15, 0.2) is 0 Å². The van der Waals surface area contributed by atoms with Gasteiger partial charge >= 0.3 is 0 Å². The number of sulfonamides is 2. The van der Waals surface area contributed by atoms with E-state index in [1.165, 1.54) is 4.31 Å². The minimum absolute atomic E-state index is 0.0678. The predicted molar refractivity (Wildman–Crippen MR) is 122 cm³/mol. The van der Waals surface area contributed by atoms with E-state index in [2.05, 4.69) is 25.5 Å². The third-order valence-electron chi connectivity index (χ3n) is 5.24. The molecule has 8 heteroatoms. The number of hydrogen-bond donors (Lipinski definition) is 1. The van der Waals surface area contributed by atoms with Gasteiger partial charge in [-0.3, -0.25) is 9.03 Å². The van der Waals surface area contributed by atoms with Crippen LogP contribution in [0.25, 0.3) is 0 Å². The minimum atomic E-state index is -3.78. The van der Waals surface area contributed by atoms with Gasteiger partial charge in [-0.25, -0.2) is 16.8 Å². The zero-order valence-electron chi connectivity index (χ0n) is 18.0. The first-order valence-electron chi connectivity index (χ1n) is 10.2. The summed E-state index contributed by atoms with van der Waals surface area (Å²) in [5.74, 6) is 0.0719. The lowest BCUT2D eigenvalue weighted by Crippen LogP contribution is -2.37. The molecule has 30 heavy (non-hydrogen) atoms. The van der Waals surface area contributed by atoms with Crippen molar-refractivity contribution in [2.75, 3.05) is 21.3 Å². The maximum absolute atomic E-state index is 12.9. The monoisotopic (exact) mass is 450 g/mol. The molecule has 0 amide bonds. The maximum Gasteiger partial charge on any atom is 0.261 e. The number of fused-ring (bicyclic) bond motifs is 1. The summed E-state index contributed by atoms with van der Waals surface area (Å²) in [5, 5.41) is 0. The summed E-state index contributed by atoms with van der Waals surface area (Å²) in [4.78, 5) is 0.170. The molecule has 1 heterocycles. The van der Waals surface area contributed by atoms with Gasteiger partial charge in [0.1, 0.15) is 0 Å². The van der Waals surface area contributed by atoms with Gasteiger partial charge < -0.3 is 0 Å². The highest BCUT2D eigenvalue weighted by Gasteiger charge is 2.27. The van der Waals surface area contributed by atoms with E-state index in [1.54, 1.807) is 24.3 Å². The van der Waals surface area contributed by atoms with Crippen LogP contribution in [-0.4, -0.2) is 29.1 Å². The number of hydrogen-bond acceptors (Lipinski definition) is 4. The van der Waals surface area contributed by atoms with Gasteiger partial charge in [0.05, 0.1) is 22.0 Å². The molecule has 1 N–H and O–H groups in total. The van der Waals surface area contributed by atoms with Crippen molar-refractivity contribution in [1.29, 1.82) is 0 Å². The van der Waals surface area contributed by atoms with Crippen LogP contribution >= 0.6 is 0 Å². The highest BCUT2D eigenvalue weighted by atomic mass is 32.2. The molecule has 2 aromatic carbocycles. The molecule has 0 spiro atoms. The molecule has 0 aliphatic carbocycles. The van der Waals surface area contributed by atoms with Crippen molar-refractivity contribution in [2.24, 2.45) is 0 Å². The van der Waals surface area contributed by atoms with E-state index >= 15 is 0 Å². The minimum Gasteiger partial charge on any atom is -0.280 e. The molecule has 3 rings (SSSR count). The Balaban J connectivity index is 1.91. The molecule has 0 unspecified atom stereocenters. The molecule has 1 aliphatic heterocycles. The number of aryl methyl sites for hydroxylation is 1. The molecule has 0 saturated carbocycles. The van der Waals surface area contributed by atoms with Crippen LogP contribution in [0, 0.1) is 0 Å². The van der Waals surface area contributed by atoms with Crippen LogP contribution in [0.5, 0.6) is 0 Å². The lowest BCUT2D eigenvalue weighted by atomic mass is 9.87. The molecule has 0 fully saturated rings. The second-order valence-electron chi connectivity index (χ2n) is 8.72. The van der Waals surface area contributed by atoms with E-state index in [0.29, 0.717) is 24.3 Å². The first kappa shape index (κ1) is 22.6. The van der Waals surface area contributed by atoms with Crippen molar-refractivity contribution in [3.05, 3.63) is 53.6 Å². The van der Waals surface area contributed by atoms with Gasteiger partial charge in [0.25, 0.3) is 10.0 Å². The Morgan fingerprint density at radius 2 is 1.67 bits per heavy atom. The average Bonchev–Trinajstić information content (AvgIpc) is 2.66. The zero-order chi connectivity index (χ0) is 22.2. The molecule has 0 atom stereocenters. The van der Waals surface area contributed by atoms with Crippen LogP contribution < -0.4 is 9.03 Å². The normalized spacial score (nSPS) is 15.0. The summed E-state index contributed by atoms with van der Waals surface area (Å²) in [7, 11) is -7.21. The molecular formula is C22H30N2O4S2. The van der Waals surface area contributed by atoms with E-state index in [4.69, 9.17) is 0 Å². The summed E-state index contributed by atoms with van der Waals surface area (Å²) >= 11 is 0. The fourth-order valence-electron chi connectivity index (χ4n) is 3.61. The summed E-state index contributed by atoms with van der Waals surface area (Å²) in [6.45, 7) is 8.46. The quantitative estimate of drug-likeness (QED) is 0.712. The summed E-state index contributed by atoms with van der Waals surface area (Å²) < 4.78 is 55.1. The van der Waals surface area contributed by atoms with Crippen LogP contribution in [0.4, 0.5) is 11.4 Å². The standard InChI is InChI=1S/C22H30N2O4S2/c1-5-15-29(25,26)24-14-6-7-17-8-11-19(16-21(17)24)23-30(27,28)20-12-9-18(10-13-20)22(2,3)4/h8-13,16,23H,5-7,14-15H2,1-4H3. The maximum atomic E-state index is 12.9. The van der Waals surface area contributed by atoms with E-state index in [9.17, 15) is 16.8 Å².